The number of hydrogen-bond donors (Lipinski definition) is 3. The van der Waals surface area contributed by atoms with Gasteiger partial charge in [0, 0.05) is 50.9 Å². The second-order valence-electron chi connectivity index (χ2n) is 10.1. The number of nitrogens with zero attached hydrogens (tertiary/aromatic N) is 1. The number of ether oxygens (including phenoxy) is 2. The van der Waals surface area contributed by atoms with E-state index >= 15 is 0 Å². The number of amides is 2. The van der Waals surface area contributed by atoms with Gasteiger partial charge in [0.15, 0.2) is 0 Å². The maximum atomic E-state index is 13.0. The summed E-state index contributed by atoms with van der Waals surface area (Å²) in [5, 5.41) is 18.5. The van der Waals surface area contributed by atoms with E-state index in [1.54, 1.807) is 7.11 Å². The summed E-state index contributed by atoms with van der Waals surface area (Å²) in [7, 11) is 3.60. The van der Waals surface area contributed by atoms with Crippen LogP contribution in [-0.2, 0) is 10.3 Å². The molecule has 0 aromatic heterocycles. The van der Waals surface area contributed by atoms with E-state index in [-0.39, 0.29) is 24.1 Å². The Balaban J connectivity index is 1.81. The first-order chi connectivity index (χ1) is 16.5. The lowest BCUT2D eigenvalue weighted by molar-refractivity contribution is -0.0585. The lowest BCUT2D eigenvalue weighted by Gasteiger charge is -2.43. The number of benzene rings is 1. The normalized spacial score (nSPS) is 21.8. The number of rotatable bonds is 12. The number of likely N-dealkylation sites (N-methyl/N-ethyl adjacent to an activating group) is 1. The van der Waals surface area contributed by atoms with Gasteiger partial charge in [-0.3, -0.25) is 0 Å². The lowest BCUT2D eigenvalue weighted by Crippen LogP contribution is -2.53. The maximum Gasteiger partial charge on any atom is 0.317 e. The zero-order valence-corrected chi connectivity index (χ0v) is 21.4. The first-order valence-corrected chi connectivity index (χ1v) is 13.2. The van der Waals surface area contributed by atoms with Crippen molar-refractivity contribution in [3.8, 4) is 5.75 Å². The van der Waals surface area contributed by atoms with Crippen molar-refractivity contribution in [2.75, 3.05) is 40.4 Å². The van der Waals surface area contributed by atoms with Crippen LogP contribution >= 0.6 is 0 Å². The largest absolute Gasteiger partial charge is 0.490 e. The molecule has 2 amide bonds. The van der Waals surface area contributed by atoms with Gasteiger partial charge < -0.3 is 30.1 Å². The monoisotopic (exact) mass is 475 g/mol. The predicted molar refractivity (Wildman–Crippen MR) is 135 cm³/mol. The molecule has 192 valence electrons. The highest BCUT2D eigenvalue weighted by Gasteiger charge is 2.43. The zero-order chi connectivity index (χ0) is 24.4. The number of nitrogens with one attached hydrogen (secondary N) is 2. The minimum absolute atomic E-state index is 0.0475. The molecule has 1 heterocycles. The van der Waals surface area contributed by atoms with E-state index in [0.717, 1.165) is 56.4 Å². The molecule has 1 aromatic rings. The van der Waals surface area contributed by atoms with Gasteiger partial charge in [0.25, 0.3) is 0 Å². The van der Waals surface area contributed by atoms with Crippen LogP contribution in [-0.4, -0.2) is 68.6 Å². The molecule has 7 nitrogen and oxygen atoms in total. The average Bonchev–Trinajstić information content (AvgIpc) is 3.35. The van der Waals surface area contributed by atoms with Gasteiger partial charge >= 0.3 is 6.03 Å². The van der Waals surface area contributed by atoms with E-state index in [4.69, 9.17) is 9.47 Å². The number of urea groups is 1. The van der Waals surface area contributed by atoms with E-state index in [9.17, 15) is 9.90 Å². The lowest BCUT2D eigenvalue weighted by atomic mass is 9.73. The highest BCUT2D eigenvalue weighted by Crippen LogP contribution is 2.44. The molecule has 1 saturated heterocycles. The number of likely N-dealkylation sites (tertiary alicyclic amines) is 1. The van der Waals surface area contributed by atoms with Gasteiger partial charge in [0.05, 0.1) is 11.7 Å². The Morgan fingerprint density at radius 3 is 2.71 bits per heavy atom. The Bertz CT molecular complexity index is 755. The van der Waals surface area contributed by atoms with Gasteiger partial charge in [-0.05, 0) is 77.8 Å². The second kappa shape index (κ2) is 13.3. The van der Waals surface area contributed by atoms with Gasteiger partial charge in [-0.2, -0.15) is 0 Å². The van der Waals surface area contributed by atoms with Crippen LogP contribution in [0.3, 0.4) is 0 Å². The van der Waals surface area contributed by atoms with Gasteiger partial charge in [-0.1, -0.05) is 18.2 Å². The molecule has 1 saturated carbocycles. The fourth-order valence-electron chi connectivity index (χ4n) is 5.52. The van der Waals surface area contributed by atoms with Crippen molar-refractivity contribution in [2.45, 2.75) is 82.5 Å². The van der Waals surface area contributed by atoms with Crippen molar-refractivity contribution in [1.82, 2.24) is 15.5 Å². The van der Waals surface area contributed by atoms with Crippen molar-refractivity contribution in [3.05, 3.63) is 29.8 Å². The van der Waals surface area contributed by atoms with Crippen molar-refractivity contribution in [2.24, 2.45) is 5.92 Å². The van der Waals surface area contributed by atoms with Crippen LogP contribution in [0.4, 0.5) is 4.79 Å². The van der Waals surface area contributed by atoms with Gasteiger partial charge in [0.2, 0.25) is 0 Å². The number of unbranched alkanes of at least 4 members (excludes halogenated alkanes) is 1. The molecule has 1 aliphatic carbocycles. The topological polar surface area (TPSA) is 83.1 Å². The van der Waals surface area contributed by atoms with Crippen LogP contribution in [0.5, 0.6) is 5.75 Å². The van der Waals surface area contributed by atoms with Crippen LogP contribution in [0.2, 0.25) is 0 Å². The van der Waals surface area contributed by atoms with E-state index < -0.39 is 5.60 Å². The molecule has 2 fully saturated rings. The fraction of sp³-hybridized carbons (Fsp3) is 0.741. The van der Waals surface area contributed by atoms with E-state index in [2.05, 4.69) is 10.6 Å². The van der Waals surface area contributed by atoms with Crippen LogP contribution < -0.4 is 15.4 Å². The molecule has 7 heteroatoms. The van der Waals surface area contributed by atoms with E-state index in [1.807, 2.05) is 43.1 Å². The molecule has 0 spiro atoms. The Kier molecular flexibility index (Phi) is 10.5. The summed E-state index contributed by atoms with van der Waals surface area (Å²) in [5.41, 5.74) is -0.187. The molecule has 34 heavy (non-hydrogen) atoms. The van der Waals surface area contributed by atoms with E-state index in [0.29, 0.717) is 26.1 Å². The van der Waals surface area contributed by atoms with Crippen LogP contribution in [0.15, 0.2) is 24.3 Å². The molecule has 2 aliphatic rings. The SMILES string of the molecule is CNCC(C)NC(=O)N1CCCC(C(O)(CCCCOC)c2ccccc2OC2CCCC2)C1. The third-order valence-corrected chi connectivity index (χ3v) is 7.37. The Labute approximate surface area is 205 Å². The minimum atomic E-state index is -1.06. The van der Waals surface area contributed by atoms with Gasteiger partial charge in [-0.15, -0.1) is 0 Å². The van der Waals surface area contributed by atoms with Gasteiger partial charge in [0.1, 0.15) is 5.75 Å². The van der Waals surface area contributed by atoms with Gasteiger partial charge in [-0.25, -0.2) is 4.79 Å². The Hall–Kier alpha value is -1.83. The number of hydrogen-bond acceptors (Lipinski definition) is 5. The Morgan fingerprint density at radius 2 is 1.97 bits per heavy atom. The number of carbonyl (C=O) groups excluding carboxylic acids is 1. The van der Waals surface area contributed by atoms with E-state index in [1.165, 1.54) is 12.8 Å². The third kappa shape index (κ3) is 7.09. The first kappa shape index (κ1) is 26.8. The maximum absolute atomic E-state index is 13.0. The third-order valence-electron chi connectivity index (χ3n) is 7.37. The molecular formula is C27H45N3O4. The number of methoxy groups -OCH3 is 1. The molecule has 3 N–H and O–H groups in total. The van der Waals surface area contributed by atoms with Crippen molar-refractivity contribution in [1.29, 1.82) is 0 Å². The molecule has 1 aliphatic heterocycles. The molecule has 3 atom stereocenters. The molecule has 3 unspecified atom stereocenters. The average molecular weight is 476 g/mol. The summed E-state index contributed by atoms with van der Waals surface area (Å²) in [6.07, 6.45) is 8.90. The summed E-state index contributed by atoms with van der Waals surface area (Å²) in [4.78, 5) is 14.8. The summed E-state index contributed by atoms with van der Waals surface area (Å²) in [6.45, 7) is 4.65. The van der Waals surface area contributed by atoms with Crippen molar-refractivity contribution < 1.29 is 19.4 Å². The highest BCUT2D eigenvalue weighted by molar-refractivity contribution is 5.74. The van der Waals surface area contributed by atoms with Crippen LogP contribution in [0.1, 0.15) is 70.3 Å². The highest BCUT2D eigenvalue weighted by atomic mass is 16.5. The zero-order valence-electron chi connectivity index (χ0n) is 21.4. The standard InChI is InChI=1S/C27H45N3O4/c1-21(19-28-2)29-26(31)30-17-10-11-22(20-30)27(32,16-8-9-18-33-3)24-14-6-7-15-25(24)34-23-12-4-5-13-23/h6-7,14-15,21-23,28,32H,4-5,8-13,16-20H2,1-3H3,(H,29,31). The molecular weight excluding hydrogens is 430 g/mol. The number of aliphatic hydroxyl groups is 1. The smallest absolute Gasteiger partial charge is 0.317 e. The van der Waals surface area contributed by atoms with Crippen molar-refractivity contribution >= 4 is 6.03 Å². The minimum Gasteiger partial charge on any atom is -0.490 e. The first-order valence-electron chi connectivity index (χ1n) is 13.2. The predicted octanol–water partition coefficient (Wildman–Crippen LogP) is 4.04. The molecule has 0 radical (unpaired) electrons. The molecule has 1 aromatic carbocycles. The molecule has 0 bridgehead atoms. The summed E-state index contributed by atoms with van der Waals surface area (Å²) < 4.78 is 11.7. The fourth-order valence-corrected chi connectivity index (χ4v) is 5.52. The summed E-state index contributed by atoms with van der Waals surface area (Å²) in [5.74, 6) is 0.746. The summed E-state index contributed by atoms with van der Waals surface area (Å²) >= 11 is 0. The molecule has 3 rings (SSSR count). The Morgan fingerprint density at radius 1 is 1.21 bits per heavy atom. The number of piperidine rings is 1. The number of carbonyl (C=O) groups is 1. The quantitative estimate of drug-likeness (QED) is 0.398. The summed E-state index contributed by atoms with van der Waals surface area (Å²) in [6, 6.07) is 8.00. The number of para-hydroxylation sites is 1. The van der Waals surface area contributed by atoms with Crippen LogP contribution in [0, 0.1) is 5.92 Å². The second-order valence-corrected chi connectivity index (χ2v) is 10.1. The van der Waals surface area contributed by atoms with Crippen molar-refractivity contribution in [3.63, 3.8) is 0 Å². The van der Waals surface area contributed by atoms with Crippen LogP contribution in [0.25, 0.3) is 0 Å².